The molecule has 1 aromatic heterocycles. The Balaban J connectivity index is 2.17. The fraction of sp³-hybridized carbons (Fsp3) is 0.400. The maximum absolute atomic E-state index is 13.6. The summed E-state index contributed by atoms with van der Waals surface area (Å²) < 4.78 is 18.4. The minimum absolute atomic E-state index is 0.0993. The number of likely N-dealkylation sites (N-methyl/N-ethyl adjacent to an activating group) is 1. The lowest BCUT2D eigenvalue weighted by Crippen LogP contribution is -2.38. The minimum Gasteiger partial charge on any atom is -0.507 e. The number of aliphatic hydroxyl groups is 1. The molecule has 3 rings (SSSR count). The summed E-state index contributed by atoms with van der Waals surface area (Å²) >= 11 is 0. The molecule has 1 atom stereocenters. The SMILES string of the molecule is CCN(CC)CCN1C(=O)C(=O)C(=C(O)c2c(C)[nH]c(C(=O)OC)c2C)[C@H]1c1ccc(F)cc1. The number of ether oxygens (including phenoxy) is 1. The summed E-state index contributed by atoms with van der Waals surface area (Å²) in [6.45, 7) is 9.62. The summed E-state index contributed by atoms with van der Waals surface area (Å²) in [7, 11) is 1.24. The lowest BCUT2D eigenvalue weighted by molar-refractivity contribution is -0.140. The summed E-state index contributed by atoms with van der Waals surface area (Å²) in [5, 5.41) is 11.3. The third-order valence-electron chi connectivity index (χ3n) is 6.34. The molecule has 0 spiro atoms. The van der Waals surface area contributed by atoms with Crippen LogP contribution >= 0.6 is 0 Å². The van der Waals surface area contributed by atoms with Crippen LogP contribution in [0.3, 0.4) is 0 Å². The van der Waals surface area contributed by atoms with Crippen molar-refractivity contribution in [2.45, 2.75) is 33.7 Å². The van der Waals surface area contributed by atoms with E-state index in [9.17, 15) is 23.9 Å². The van der Waals surface area contributed by atoms with Gasteiger partial charge >= 0.3 is 5.97 Å². The lowest BCUT2D eigenvalue weighted by Gasteiger charge is -2.28. The number of Topliss-reactive ketones (excluding diaryl/α,β-unsaturated/α-hetero) is 1. The highest BCUT2D eigenvalue weighted by molar-refractivity contribution is 6.46. The number of hydrogen-bond acceptors (Lipinski definition) is 6. The quantitative estimate of drug-likeness (QED) is 0.265. The Labute approximate surface area is 198 Å². The van der Waals surface area contributed by atoms with Crippen molar-refractivity contribution < 1.29 is 28.6 Å². The molecular formula is C25H30FN3O5. The average molecular weight is 472 g/mol. The minimum atomic E-state index is -0.897. The molecule has 9 heteroatoms. The highest BCUT2D eigenvalue weighted by Gasteiger charge is 2.46. The molecule has 182 valence electrons. The molecule has 2 N–H and O–H groups in total. The van der Waals surface area contributed by atoms with Gasteiger partial charge in [-0.2, -0.15) is 0 Å². The maximum Gasteiger partial charge on any atom is 0.354 e. The molecule has 0 aliphatic carbocycles. The fourth-order valence-electron chi connectivity index (χ4n) is 4.44. The van der Waals surface area contributed by atoms with Crippen molar-refractivity contribution in [1.29, 1.82) is 0 Å². The van der Waals surface area contributed by atoms with Crippen LogP contribution in [0.1, 0.15) is 52.8 Å². The number of ketones is 1. The summed E-state index contributed by atoms with van der Waals surface area (Å²) in [6, 6.07) is 4.61. The van der Waals surface area contributed by atoms with E-state index in [1.807, 2.05) is 13.8 Å². The zero-order valence-electron chi connectivity index (χ0n) is 20.1. The average Bonchev–Trinajstić information content (AvgIpc) is 3.26. The molecule has 0 saturated carbocycles. The number of benzene rings is 1. The van der Waals surface area contributed by atoms with Crippen molar-refractivity contribution in [3.05, 3.63) is 63.7 Å². The van der Waals surface area contributed by atoms with Crippen LogP contribution in [0.4, 0.5) is 4.39 Å². The van der Waals surface area contributed by atoms with Gasteiger partial charge in [0.25, 0.3) is 11.7 Å². The van der Waals surface area contributed by atoms with E-state index >= 15 is 0 Å². The molecule has 2 aromatic rings. The number of esters is 1. The first-order valence-electron chi connectivity index (χ1n) is 11.2. The van der Waals surface area contributed by atoms with Crippen molar-refractivity contribution in [2.75, 3.05) is 33.3 Å². The largest absolute Gasteiger partial charge is 0.507 e. The van der Waals surface area contributed by atoms with E-state index in [4.69, 9.17) is 4.74 Å². The fourth-order valence-corrected chi connectivity index (χ4v) is 4.44. The third-order valence-corrected chi connectivity index (χ3v) is 6.34. The normalized spacial score (nSPS) is 17.6. The first kappa shape index (κ1) is 25.2. The van der Waals surface area contributed by atoms with Crippen LogP contribution in [0.15, 0.2) is 29.8 Å². The number of rotatable bonds is 8. The number of likely N-dealkylation sites (tertiary alicyclic amines) is 1. The zero-order valence-corrected chi connectivity index (χ0v) is 20.1. The Morgan fingerprint density at radius 2 is 1.79 bits per heavy atom. The number of H-pyrrole nitrogens is 1. The summed E-state index contributed by atoms with van der Waals surface area (Å²) in [6.07, 6.45) is 0. The zero-order chi connectivity index (χ0) is 25.2. The van der Waals surface area contributed by atoms with E-state index in [0.717, 1.165) is 13.1 Å². The predicted octanol–water partition coefficient (Wildman–Crippen LogP) is 3.32. The molecule has 0 bridgehead atoms. The van der Waals surface area contributed by atoms with E-state index < -0.39 is 29.5 Å². The number of aromatic amines is 1. The van der Waals surface area contributed by atoms with Crippen LogP contribution in [-0.4, -0.2) is 70.8 Å². The van der Waals surface area contributed by atoms with Gasteiger partial charge in [-0.25, -0.2) is 9.18 Å². The van der Waals surface area contributed by atoms with Gasteiger partial charge < -0.3 is 24.6 Å². The van der Waals surface area contributed by atoms with Crippen molar-refractivity contribution in [2.24, 2.45) is 0 Å². The first-order valence-corrected chi connectivity index (χ1v) is 11.2. The van der Waals surface area contributed by atoms with Gasteiger partial charge in [0.05, 0.1) is 18.7 Å². The van der Waals surface area contributed by atoms with Crippen LogP contribution in [0.25, 0.3) is 5.76 Å². The number of carbonyl (C=O) groups excluding carboxylic acids is 3. The topological polar surface area (TPSA) is 103 Å². The number of amides is 1. The number of methoxy groups -OCH3 is 1. The van der Waals surface area contributed by atoms with Gasteiger partial charge in [-0.15, -0.1) is 0 Å². The van der Waals surface area contributed by atoms with Crippen molar-refractivity contribution in [3.63, 3.8) is 0 Å². The molecule has 1 aliphatic rings. The number of carbonyl (C=O) groups is 3. The molecule has 1 fully saturated rings. The highest BCUT2D eigenvalue weighted by atomic mass is 19.1. The van der Waals surface area contributed by atoms with Gasteiger partial charge in [-0.05, 0) is 50.2 Å². The Morgan fingerprint density at radius 3 is 2.35 bits per heavy atom. The maximum atomic E-state index is 13.6. The number of hydrogen-bond donors (Lipinski definition) is 2. The molecular weight excluding hydrogens is 441 g/mol. The van der Waals surface area contributed by atoms with Crippen LogP contribution in [0.5, 0.6) is 0 Å². The Morgan fingerprint density at radius 1 is 1.18 bits per heavy atom. The smallest absolute Gasteiger partial charge is 0.354 e. The lowest BCUT2D eigenvalue weighted by atomic mass is 9.94. The number of nitrogens with one attached hydrogen (secondary N) is 1. The predicted molar refractivity (Wildman–Crippen MR) is 125 cm³/mol. The second-order valence-electron chi connectivity index (χ2n) is 8.19. The molecule has 1 saturated heterocycles. The summed E-state index contributed by atoms with van der Waals surface area (Å²) in [4.78, 5) is 44.8. The number of aromatic nitrogens is 1. The van der Waals surface area contributed by atoms with Crippen LogP contribution in [0.2, 0.25) is 0 Å². The van der Waals surface area contributed by atoms with Gasteiger partial charge in [0.2, 0.25) is 0 Å². The molecule has 1 aromatic carbocycles. The summed E-state index contributed by atoms with van der Waals surface area (Å²) in [5.41, 5.74) is 1.65. The molecule has 8 nitrogen and oxygen atoms in total. The van der Waals surface area contributed by atoms with E-state index in [0.29, 0.717) is 23.4 Å². The molecule has 34 heavy (non-hydrogen) atoms. The van der Waals surface area contributed by atoms with Gasteiger partial charge in [0.15, 0.2) is 0 Å². The number of aryl methyl sites for hydroxylation is 1. The second kappa shape index (κ2) is 10.2. The number of halogens is 1. The Kier molecular flexibility index (Phi) is 7.56. The van der Waals surface area contributed by atoms with E-state index in [1.165, 1.54) is 36.3 Å². The van der Waals surface area contributed by atoms with E-state index in [1.54, 1.807) is 13.8 Å². The summed E-state index contributed by atoms with van der Waals surface area (Å²) in [5.74, 6) is -3.02. The van der Waals surface area contributed by atoms with Gasteiger partial charge in [0.1, 0.15) is 17.3 Å². The molecule has 2 heterocycles. The third kappa shape index (κ3) is 4.48. The van der Waals surface area contributed by atoms with Gasteiger partial charge in [-0.3, -0.25) is 9.59 Å². The number of aliphatic hydroxyl groups excluding tert-OH is 1. The van der Waals surface area contributed by atoms with Crippen molar-refractivity contribution in [1.82, 2.24) is 14.8 Å². The van der Waals surface area contributed by atoms with Crippen LogP contribution in [-0.2, 0) is 14.3 Å². The van der Waals surface area contributed by atoms with Crippen molar-refractivity contribution >= 4 is 23.4 Å². The number of nitrogens with zero attached hydrogens (tertiary/aromatic N) is 2. The molecule has 1 aliphatic heterocycles. The molecule has 0 radical (unpaired) electrons. The standard InChI is InChI=1S/C25H30FN3O5/c1-6-28(7-2)12-13-29-21(16-8-10-17(26)11-9-16)19(23(31)24(29)32)22(30)18-14(3)20(25(33)34-5)27-15(18)4/h8-11,21,27,30H,6-7,12-13H2,1-5H3/t21-/m1/s1. The highest BCUT2D eigenvalue weighted by Crippen LogP contribution is 2.40. The first-order chi connectivity index (χ1) is 16.2. The molecule has 0 unspecified atom stereocenters. The monoisotopic (exact) mass is 471 g/mol. The molecule has 1 amide bonds. The van der Waals surface area contributed by atoms with Crippen molar-refractivity contribution in [3.8, 4) is 0 Å². The van der Waals surface area contributed by atoms with Gasteiger partial charge in [0, 0.05) is 24.3 Å². The van der Waals surface area contributed by atoms with E-state index in [2.05, 4.69) is 9.88 Å². The van der Waals surface area contributed by atoms with Gasteiger partial charge in [-0.1, -0.05) is 26.0 Å². The second-order valence-corrected chi connectivity index (χ2v) is 8.19. The van der Waals surface area contributed by atoms with Crippen LogP contribution in [0, 0.1) is 19.7 Å². The van der Waals surface area contributed by atoms with E-state index in [-0.39, 0.29) is 29.1 Å². The van der Waals surface area contributed by atoms with Crippen LogP contribution < -0.4 is 0 Å². The Bertz CT molecular complexity index is 1130. The Hall–Kier alpha value is -3.46.